The van der Waals surface area contributed by atoms with E-state index in [0.717, 1.165) is 32.2 Å². The Hall–Kier alpha value is -0.860. The Labute approximate surface area is 98.2 Å². The number of hydrogen-bond acceptors (Lipinski definition) is 2. The van der Waals surface area contributed by atoms with Gasteiger partial charge in [0.1, 0.15) is 0 Å². The van der Waals surface area contributed by atoms with Gasteiger partial charge in [0.25, 0.3) is 0 Å². The Balaban J connectivity index is 2.46. The Morgan fingerprint density at radius 3 is 2.75 bits per heavy atom. The van der Waals surface area contributed by atoms with Gasteiger partial charge in [-0.2, -0.15) is 0 Å². The number of carbonyl (C=O) groups excluding carboxylic acids is 2. The van der Waals surface area contributed by atoms with E-state index >= 15 is 0 Å². The van der Waals surface area contributed by atoms with Gasteiger partial charge in [0.2, 0.25) is 5.91 Å². The molecule has 1 unspecified atom stereocenters. The largest absolute Gasteiger partial charge is 0.335 e. The number of hydrogen-bond donors (Lipinski definition) is 0. The maximum atomic E-state index is 11.8. The molecule has 1 heterocycles. The lowest BCUT2D eigenvalue weighted by Gasteiger charge is -2.19. The van der Waals surface area contributed by atoms with Crippen LogP contribution in [0.25, 0.3) is 0 Å². The predicted octanol–water partition coefficient (Wildman–Crippen LogP) is 2.39. The maximum absolute atomic E-state index is 11.8. The molecule has 0 radical (unpaired) electrons. The number of Topliss-reactive ketones (excluding diaryl/α,β-unsaturated/α-hetero) is 1. The monoisotopic (exact) mass is 225 g/mol. The number of likely N-dealkylation sites (tertiary alicyclic amines) is 1. The third-order valence-corrected chi connectivity index (χ3v) is 3.40. The van der Waals surface area contributed by atoms with Crippen LogP contribution in [0.1, 0.15) is 52.4 Å². The molecule has 1 aliphatic rings. The summed E-state index contributed by atoms with van der Waals surface area (Å²) >= 11 is 0. The molecule has 0 aliphatic carbocycles. The molecule has 1 fully saturated rings. The SMILES string of the molecule is CCCC(=O)CN1CCC(CC)CCC1=O. The highest BCUT2D eigenvalue weighted by Gasteiger charge is 2.22. The highest BCUT2D eigenvalue weighted by molar-refractivity contribution is 5.86. The molecule has 1 rings (SSSR count). The predicted molar refractivity (Wildman–Crippen MR) is 64.1 cm³/mol. The molecule has 0 aromatic carbocycles. The van der Waals surface area contributed by atoms with Crippen molar-refractivity contribution in [1.82, 2.24) is 4.90 Å². The average Bonchev–Trinajstić information content (AvgIpc) is 2.43. The van der Waals surface area contributed by atoms with Crippen molar-refractivity contribution in [2.45, 2.75) is 52.4 Å². The second-order valence-electron chi connectivity index (χ2n) is 4.71. The molecule has 0 spiro atoms. The van der Waals surface area contributed by atoms with Gasteiger partial charge in [0.15, 0.2) is 5.78 Å². The maximum Gasteiger partial charge on any atom is 0.222 e. The lowest BCUT2D eigenvalue weighted by molar-refractivity contribution is -0.134. The van der Waals surface area contributed by atoms with Crippen molar-refractivity contribution in [1.29, 1.82) is 0 Å². The molecular formula is C13H23NO2. The van der Waals surface area contributed by atoms with E-state index in [2.05, 4.69) is 6.92 Å². The molecule has 1 atom stereocenters. The van der Waals surface area contributed by atoms with E-state index in [0.29, 0.717) is 25.3 Å². The van der Waals surface area contributed by atoms with Crippen LogP contribution in [-0.2, 0) is 9.59 Å². The van der Waals surface area contributed by atoms with Gasteiger partial charge in [-0.25, -0.2) is 0 Å². The summed E-state index contributed by atoms with van der Waals surface area (Å²) in [5.41, 5.74) is 0. The lowest BCUT2D eigenvalue weighted by atomic mass is 9.98. The summed E-state index contributed by atoms with van der Waals surface area (Å²) in [5.74, 6) is 1.03. The molecule has 3 nitrogen and oxygen atoms in total. The first-order valence-electron chi connectivity index (χ1n) is 6.46. The molecule has 1 aliphatic heterocycles. The fourth-order valence-electron chi connectivity index (χ4n) is 2.24. The molecule has 1 saturated heterocycles. The highest BCUT2D eigenvalue weighted by Crippen LogP contribution is 2.20. The second-order valence-corrected chi connectivity index (χ2v) is 4.71. The van der Waals surface area contributed by atoms with Crippen molar-refractivity contribution in [2.75, 3.05) is 13.1 Å². The van der Waals surface area contributed by atoms with Gasteiger partial charge in [-0.15, -0.1) is 0 Å². The smallest absolute Gasteiger partial charge is 0.222 e. The number of ketones is 1. The van der Waals surface area contributed by atoms with Crippen LogP contribution < -0.4 is 0 Å². The van der Waals surface area contributed by atoms with Gasteiger partial charge in [-0.1, -0.05) is 20.3 Å². The summed E-state index contributed by atoms with van der Waals surface area (Å²) in [7, 11) is 0. The van der Waals surface area contributed by atoms with Crippen LogP contribution in [0, 0.1) is 5.92 Å². The van der Waals surface area contributed by atoms with Crippen molar-refractivity contribution in [3.05, 3.63) is 0 Å². The van der Waals surface area contributed by atoms with E-state index in [1.165, 1.54) is 0 Å². The molecule has 0 bridgehead atoms. The minimum Gasteiger partial charge on any atom is -0.335 e. The Kier molecular flexibility index (Phi) is 5.50. The quantitative estimate of drug-likeness (QED) is 0.720. The van der Waals surface area contributed by atoms with Gasteiger partial charge >= 0.3 is 0 Å². The molecule has 3 heteroatoms. The lowest BCUT2D eigenvalue weighted by Crippen LogP contribution is -2.35. The second kappa shape index (κ2) is 6.66. The summed E-state index contributed by atoms with van der Waals surface area (Å²) in [5, 5.41) is 0. The van der Waals surface area contributed by atoms with Crippen molar-refractivity contribution in [3.8, 4) is 0 Å². The van der Waals surface area contributed by atoms with Gasteiger partial charge < -0.3 is 4.90 Å². The van der Waals surface area contributed by atoms with Crippen LogP contribution >= 0.6 is 0 Å². The number of nitrogens with zero attached hydrogens (tertiary/aromatic N) is 1. The number of amides is 1. The van der Waals surface area contributed by atoms with Crippen molar-refractivity contribution < 1.29 is 9.59 Å². The van der Waals surface area contributed by atoms with E-state index in [1.54, 1.807) is 4.90 Å². The molecule has 16 heavy (non-hydrogen) atoms. The average molecular weight is 225 g/mol. The van der Waals surface area contributed by atoms with Gasteiger partial charge in [0.05, 0.1) is 6.54 Å². The summed E-state index contributed by atoms with van der Waals surface area (Å²) in [6, 6.07) is 0. The van der Waals surface area contributed by atoms with Crippen molar-refractivity contribution in [2.24, 2.45) is 5.92 Å². The summed E-state index contributed by atoms with van der Waals surface area (Å²) < 4.78 is 0. The summed E-state index contributed by atoms with van der Waals surface area (Å²) in [6.07, 6.45) is 5.29. The molecular weight excluding hydrogens is 202 g/mol. The van der Waals surface area contributed by atoms with Gasteiger partial charge in [-0.05, 0) is 25.2 Å². The molecule has 0 saturated carbocycles. The number of rotatable bonds is 5. The van der Waals surface area contributed by atoms with Crippen molar-refractivity contribution >= 4 is 11.7 Å². The molecule has 0 aromatic rings. The Bertz CT molecular complexity index is 250. The highest BCUT2D eigenvalue weighted by atomic mass is 16.2. The fourth-order valence-corrected chi connectivity index (χ4v) is 2.24. The Morgan fingerprint density at radius 1 is 1.38 bits per heavy atom. The van der Waals surface area contributed by atoms with Crippen LogP contribution in [0.3, 0.4) is 0 Å². The normalized spacial score (nSPS) is 22.0. The van der Waals surface area contributed by atoms with E-state index in [9.17, 15) is 9.59 Å². The van der Waals surface area contributed by atoms with Crippen LogP contribution in [0.15, 0.2) is 0 Å². The Morgan fingerprint density at radius 2 is 2.12 bits per heavy atom. The van der Waals surface area contributed by atoms with E-state index < -0.39 is 0 Å². The zero-order valence-electron chi connectivity index (χ0n) is 10.5. The van der Waals surface area contributed by atoms with E-state index in [-0.39, 0.29) is 11.7 Å². The first-order chi connectivity index (χ1) is 7.67. The standard InChI is InChI=1S/C13H23NO2/c1-3-5-12(15)10-14-9-8-11(4-2)6-7-13(14)16/h11H,3-10H2,1-2H3. The zero-order chi connectivity index (χ0) is 12.0. The first kappa shape index (κ1) is 13.2. The summed E-state index contributed by atoms with van der Waals surface area (Å²) in [4.78, 5) is 25.1. The van der Waals surface area contributed by atoms with Crippen LogP contribution in [0.2, 0.25) is 0 Å². The third kappa shape index (κ3) is 3.95. The van der Waals surface area contributed by atoms with Gasteiger partial charge in [0, 0.05) is 19.4 Å². The third-order valence-electron chi connectivity index (χ3n) is 3.40. The van der Waals surface area contributed by atoms with Crippen molar-refractivity contribution in [3.63, 3.8) is 0 Å². The fraction of sp³-hybridized carbons (Fsp3) is 0.846. The number of carbonyl (C=O) groups is 2. The topological polar surface area (TPSA) is 37.4 Å². The van der Waals surface area contributed by atoms with Crippen LogP contribution in [0.5, 0.6) is 0 Å². The first-order valence-corrected chi connectivity index (χ1v) is 6.46. The van der Waals surface area contributed by atoms with Crippen LogP contribution in [-0.4, -0.2) is 29.7 Å². The van der Waals surface area contributed by atoms with E-state index in [1.807, 2.05) is 6.92 Å². The minimum atomic E-state index is 0.167. The minimum absolute atomic E-state index is 0.167. The van der Waals surface area contributed by atoms with Crippen LogP contribution in [0.4, 0.5) is 0 Å². The molecule has 92 valence electrons. The molecule has 0 N–H and O–H groups in total. The van der Waals surface area contributed by atoms with Gasteiger partial charge in [-0.3, -0.25) is 9.59 Å². The molecule has 1 amide bonds. The molecule has 0 aromatic heterocycles. The summed E-state index contributed by atoms with van der Waals surface area (Å²) in [6.45, 7) is 5.28. The van der Waals surface area contributed by atoms with E-state index in [4.69, 9.17) is 0 Å². The zero-order valence-corrected chi connectivity index (χ0v) is 10.5.